The van der Waals surface area contributed by atoms with Crippen molar-refractivity contribution >= 4 is 29.1 Å². The van der Waals surface area contributed by atoms with E-state index >= 15 is 0 Å². The van der Waals surface area contributed by atoms with Gasteiger partial charge in [0.25, 0.3) is 11.7 Å². The molecule has 6 heteroatoms. The fourth-order valence-electron chi connectivity index (χ4n) is 4.42. The minimum atomic E-state index is -0.765. The van der Waals surface area contributed by atoms with E-state index in [4.69, 9.17) is 16.3 Å². The molecule has 1 heterocycles. The second-order valence-electron chi connectivity index (χ2n) is 8.76. The number of amides is 1. The van der Waals surface area contributed by atoms with Gasteiger partial charge < -0.3 is 14.7 Å². The van der Waals surface area contributed by atoms with Crippen LogP contribution in [0.5, 0.6) is 5.75 Å². The van der Waals surface area contributed by atoms with Crippen LogP contribution in [-0.4, -0.2) is 21.7 Å². The monoisotopic (exact) mass is 509 g/mol. The number of ether oxygens (including phenoxy) is 1. The summed E-state index contributed by atoms with van der Waals surface area (Å²) in [5, 5.41) is 11.7. The second kappa shape index (κ2) is 10.7. The molecular formula is C31H24ClNO4. The average Bonchev–Trinajstić information content (AvgIpc) is 3.18. The summed E-state index contributed by atoms with van der Waals surface area (Å²) in [7, 11) is 0. The molecular weight excluding hydrogens is 486 g/mol. The van der Waals surface area contributed by atoms with E-state index in [1.807, 2.05) is 84.9 Å². The number of aliphatic hydroxyl groups is 1. The molecule has 37 heavy (non-hydrogen) atoms. The number of carbonyl (C=O) groups excluding carboxylic acids is 2. The summed E-state index contributed by atoms with van der Waals surface area (Å²) >= 11 is 6.01. The molecule has 4 aromatic carbocycles. The van der Waals surface area contributed by atoms with Crippen LogP contribution in [0.2, 0.25) is 5.02 Å². The first-order valence-corrected chi connectivity index (χ1v) is 12.2. The number of aliphatic hydroxyl groups excluding tert-OH is 1. The topological polar surface area (TPSA) is 66.8 Å². The molecule has 1 saturated heterocycles. The molecule has 1 atom stereocenters. The summed E-state index contributed by atoms with van der Waals surface area (Å²) in [6.45, 7) is 0.642. The zero-order chi connectivity index (χ0) is 25.8. The second-order valence-corrected chi connectivity index (χ2v) is 9.20. The number of rotatable bonds is 7. The maximum absolute atomic E-state index is 13.2. The van der Waals surface area contributed by atoms with Crippen molar-refractivity contribution in [3.05, 3.63) is 142 Å². The first-order valence-electron chi connectivity index (χ1n) is 11.9. The van der Waals surface area contributed by atoms with E-state index in [9.17, 15) is 14.7 Å². The van der Waals surface area contributed by atoms with Gasteiger partial charge in [0, 0.05) is 17.1 Å². The number of hydrogen-bond donors (Lipinski definition) is 1. The van der Waals surface area contributed by atoms with E-state index in [-0.39, 0.29) is 17.9 Å². The lowest BCUT2D eigenvalue weighted by atomic mass is 9.95. The van der Waals surface area contributed by atoms with Crippen LogP contribution in [0.15, 0.2) is 115 Å². The molecule has 1 amide bonds. The van der Waals surface area contributed by atoms with E-state index in [0.717, 1.165) is 11.1 Å². The molecule has 5 nitrogen and oxygen atoms in total. The number of likely N-dealkylation sites (tertiary alicyclic amines) is 1. The normalized spacial score (nSPS) is 16.7. The molecule has 1 fully saturated rings. The SMILES string of the molecule is O=C1C(=O)N(Cc2ccccc2)C(c2ccc(OCc3ccccc3)cc2)C1=C(O)c1ccc(Cl)cc1. The molecule has 1 N–H and O–H groups in total. The van der Waals surface area contributed by atoms with Gasteiger partial charge in [0.05, 0.1) is 11.6 Å². The predicted octanol–water partition coefficient (Wildman–Crippen LogP) is 6.54. The van der Waals surface area contributed by atoms with Crippen LogP contribution in [0, 0.1) is 0 Å². The first kappa shape index (κ1) is 24.3. The third kappa shape index (κ3) is 5.27. The van der Waals surface area contributed by atoms with Gasteiger partial charge in [0.2, 0.25) is 0 Å². The Morgan fingerprint density at radius 3 is 2.00 bits per heavy atom. The van der Waals surface area contributed by atoms with Crippen LogP contribution in [-0.2, 0) is 22.7 Å². The van der Waals surface area contributed by atoms with Gasteiger partial charge in [-0.15, -0.1) is 0 Å². The Morgan fingerprint density at radius 2 is 1.38 bits per heavy atom. The highest BCUT2D eigenvalue weighted by molar-refractivity contribution is 6.46. The standard InChI is InChI=1S/C31H24ClNO4/c32-25-15-11-24(12-16-25)29(34)27-28(33(31(36)30(27)35)19-21-7-3-1-4-8-21)23-13-17-26(18-14-23)37-20-22-9-5-2-6-10-22/h1-18,28,34H,19-20H2. The van der Waals surface area contributed by atoms with Gasteiger partial charge in [-0.25, -0.2) is 0 Å². The van der Waals surface area contributed by atoms with Crippen LogP contribution in [0.3, 0.4) is 0 Å². The average molecular weight is 510 g/mol. The summed E-state index contributed by atoms with van der Waals surface area (Å²) in [5.74, 6) is -0.961. The van der Waals surface area contributed by atoms with Crippen LogP contribution < -0.4 is 4.74 Å². The summed E-state index contributed by atoms with van der Waals surface area (Å²) in [4.78, 5) is 27.9. The molecule has 1 unspecified atom stereocenters. The number of hydrogen-bond acceptors (Lipinski definition) is 4. The van der Waals surface area contributed by atoms with E-state index in [0.29, 0.717) is 28.5 Å². The van der Waals surface area contributed by atoms with Gasteiger partial charge >= 0.3 is 0 Å². The van der Waals surface area contributed by atoms with Crippen molar-refractivity contribution in [2.75, 3.05) is 0 Å². The zero-order valence-corrected chi connectivity index (χ0v) is 20.6. The molecule has 0 radical (unpaired) electrons. The number of halogens is 1. The lowest BCUT2D eigenvalue weighted by Crippen LogP contribution is -2.29. The predicted molar refractivity (Wildman–Crippen MR) is 143 cm³/mol. The molecule has 1 aliphatic rings. The fraction of sp³-hybridized carbons (Fsp3) is 0.0968. The van der Waals surface area contributed by atoms with Crippen molar-refractivity contribution in [1.29, 1.82) is 0 Å². The van der Waals surface area contributed by atoms with Gasteiger partial charge in [-0.2, -0.15) is 0 Å². The summed E-state index contributed by atoms with van der Waals surface area (Å²) in [6, 6.07) is 32.3. The van der Waals surface area contributed by atoms with Crippen molar-refractivity contribution in [1.82, 2.24) is 4.90 Å². The number of ketones is 1. The first-order chi connectivity index (χ1) is 18.0. The third-order valence-electron chi connectivity index (χ3n) is 6.30. The largest absolute Gasteiger partial charge is 0.507 e. The van der Waals surface area contributed by atoms with Gasteiger partial charge in [-0.1, -0.05) is 84.4 Å². The summed E-state index contributed by atoms with van der Waals surface area (Å²) in [5.41, 5.74) is 3.07. The Bertz CT molecular complexity index is 1430. The minimum absolute atomic E-state index is 0.0428. The molecule has 184 valence electrons. The molecule has 0 aliphatic carbocycles. The maximum atomic E-state index is 13.2. The molecule has 0 saturated carbocycles. The highest BCUT2D eigenvalue weighted by atomic mass is 35.5. The third-order valence-corrected chi connectivity index (χ3v) is 6.55. The smallest absolute Gasteiger partial charge is 0.295 e. The van der Waals surface area contributed by atoms with Crippen molar-refractivity contribution in [3.63, 3.8) is 0 Å². The van der Waals surface area contributed by atoms with Gasteiger partial charge in [0.15, 0.2) is 0 Å². The number of Topliss-reactive ketones (excluding diaryl/α,β-unsaturated/α-hetero) is 1. The van der Waals surface area contributed by atoms with Gasteiger partial charge in [-0.3, -0.25) is 9.59 Å². The lowest BCUT2D eigenvalue weighted by molar-refractivity contribution is -0.140. The molecule has 5 rings (SSSR count). The Morgan fingerprint density at radius 1 is 0.784 bits per heavy atom. The molecule has 0 bridgehead atoms. The van der Waals surface area contributed by atoms with E-state index in [1.54, 1.807) is 24.3 Å². The Hall–Kier alpha value is -4.35. The van der Waals surface area contributed by atoms with E-state index < -0.39 is 17.7 Å². The minimum Gasteiger partial charge on any atom is -0.507 e. The van der Waals surface area contributed by atoms with Gasteiger partial charge in [0.1, 0.15) is 18.1 Å². The fourth-order valence-corrected chi connectivity index (χ4v) is 4.55. The van der Waals surface area contributed by atoms with Crippen LogP contribution in [0.4, 0.5) is 0 Å². The summed E-state index contributed by atoms with van der Waals surface area (Å²) in [6.07, 6.45) is 0. The molecule has 0 spiro atoms. The molecule has 1 aliphatic heterocycles. The molecule has 4 aromatic rings. The van der Waals surface area contributed by atoms with Crippen molar-refractivity contribution in [2.45, 2.75) is 19.2 Å². The summed E-state index contributed by atoms with van der Waals surface area (Å²) < 4.78 is 5.91. The zero-order valence-electron chi connectivity index (χ0n) is 19.9. The Kier molecular flexibility index (Phi) is 7.06. The Balaban J connectivity index is 1.51. The number of carbonyl (C=O) groups is 2. The van der Waals surface area contributed by atoms with Crippen molar-refractivity contribution in [2.24, 2.45) is 0 Å². The van der Waals surface area contributed by atoms with Gasteiger partial charge in [-0.05, 0) is 53.1 Å². The van der Waals surface area contributed by atoms with Crippen LogP contribution in [0.25, 0.3) is 5.76 Å². The Labute approximate surface area is 220 Å². The lowest BCUT2D eigenvalue weighted by Gasteiger charge is -2.25. The molecule has 0 aromatic heterocycles. The maximum Gasteiger partial charge on any atom is 0.295 e. The van der Waals surface area contributed by atoms with Crippen molar-refractivity contribution in [3.8, 4) is 5.75 Å². The highest BCUT2D eigenvalue weighted by Crippen LogP contribution is 2.40. The number of nitrogens with zero attached hydrogens (tertiary/aromatic N) is 1. The highest BCUT2D eigenvalue weighted by Gasteiger charge is 2.46. The van der Waals surface area contributed by atoms with Crippen molar-refractivity contribution < 1.29 is 19.4 Å². The van der Waals surface area contributed by atoms with Crippen LogP contribution in [0.1, 0.15) is 28.3 Å². The quantitative estimate of drug-likeness (QED) is 0.174. The van der Waals surface area contributed by atoms with Crippen LogP contribution >= 0.6 is 11.6 Å². The van der Waals surface area contributed by atoms with E-state index in [1.165, 1.54) is 4.90 Å². The number of benzene rings is 4. The van der Waals surface area contributed by atoms with E-state index in [2.05, 4.69) is 0 Å².